The van der Waals surface area contributed by atoms with Gasteiger partial charge >= 0.3 is 0 Å². The molecule has 0 atom stereocenters. The zero-order valence-electron chi connectivity index (χ0n) is 30.2. The smallest absolute Gasteiger partial charge is 0.164 e. The van der Waals surface area contributed by atoms with E-state index in [0.717, 1.165) is 39.1 Å². The van der Waals surface area contributed by atoms with Crippen molar-refractivity contribution in [1.82, 2.24) is 19.5 Å². The van der Waals surface area contributed by atoms with Crippen LogP contribution in [-0.2, 0) is 0 Å². The molecule has 0 fully saturated rings. The number of para-hydroxylation sites is 2. The molecule has 0 N–H and O–H groups in total. The van der Waals surface area contributed by atoms with E-state index in [2.05, 4.69) is 193 Å². The van der Waals surface area contributed by atoms with Gasteiger partial charge in [-0.15, -0.1) is 11.3 Å². The predicted molar refractivity (Wildman–Crippen MR) is 234 cm³/mol. The zero-order valence-corrected chi connectivity index (χ0v) is 31.0. The molecule has 56 heavy (non-hydrogen) atoms. The molecule has 0 aliphatic carbocycles. The molecule has 0 bridgehead atoms. The van der Waals surface area contributed by atoms with Crippen LogP contribution in [0.1, 0.15) is 0 Å². The van der Waals surface area contributed by atoms with Gasteiger partial charge in [0.15, 0.2) is 17.5 Å². The lowest BCUT2D eigenvalue weighted by Crippen LogP contribution is -2.00. The van der Waals surface area contributed by atoms with Crippen molar-refractivity contribution in [2.45, 2.75) is 0 Å². The lowest BCUT2D eigenvalue weighted by Gasteiger charge is -2.12. The number of fused-ring (bicyclic) bond motifs is 6. The van der Waals surface area contributed by atoms with Gasteiger partial charge in [0.1, 0.15) is 0 Å². The molecule has 0 spiro atoms. The van der Waals surface area contributed by atoms with Crippen molar-refractivity contribution >= 4 is 53.3 Å². The Labute approximate surface area is 327 Å². The van der Waals surface area contributed by atoms with Gasteiger partial charge in [0.05, 0.1) is 11.0 Å². The van der Waals surface area contributed by atoms with E-state index in [1.54, 1.807) is 11.3 Å². The molecule has 0 aliphatic heterocycles. The fraction of sp³-hybridized carbons (Fsp3) is 0. The minimum absolute atomic E-state index is 0.633. The lowest BCUT2D eigenvalue weighted by atomic mass is 10.0. The molecule has 0 unspecified atom stereocenters. The van der Waals surface area contributed by atoms with Crippen molar-refractivity contribution in [3.8, 4) is 62.1 Å². The molecule has 262 valence electrons. The van der Waals surface area contributed by atoms with Crippen molar-refractivity contribution in [3.63, 3.8) is 0 Å². The first kappa shape index (κ1) is 32.2. The molecule has 0 aliphatic rings. The van der Waals surface area contributed by atoms with Crippen molar-refractivity contribution in [1.29, 1.82) is 0 Å². The highest BCUT2D eigenvalue weighted by atomic mass is 32.1. The number of hydrogen-bond donors (Lipinski definition) is 0. The summed E-state index contributed by atoms with van der Waals surface area (Å²) >= 11 is 1.80. The first-order chi connectivity index (χ1) is 27.7. The van der Waals surface area contributed by atoms with Crippen LogP contribution in [0.3, 0.4) is 0 Å². The highest BCUT2D eigenvalue weighted by Crippen LogP contribution is 2.37. The van der Waals surface area contributed by atoms with Crippen molar-refractivity contribution in [3.05, 3.63) is 194 Å². The maximum atomic E-state index is 5.16. The number of rotatable bonds is 6. The van der Waals surface area contributed by atoms with Crippen molar-refractivity contribution < 1.29 is 0 Å². The summed E-state index contributed by atoms with van der Waals surface area (Å²) in [4.78, 5) is 15.4. The van der Waals surface area contributed by atoms with E-state index in [1.165, 1.54) is 47.5 Å². The standard InChI is InChI=1S/C51H32N4S/c1-2-12-33(13-3-1)34-24-26-35(27-25-34)49-52-50(54-51(53-49)39-28-29-44-43-20-6-9-23-47(43)56-48(44)32-39)38-16-10-14-36(30-38)37-15-11-17-40(31-37)55-45-21-7-4-18-41(45)42-19-5-8-22-46(42)55/h1-32H. The van der Waals surface area contributed by atoms with E-state index < -0.39 is 0 Å². The predicted octanol–water partition coefficient (Wildman–Crippen LogP) is 13.7. The van der Waals surface area contributed by atoms with Gasteiger partial charge in [0.2, 0.25) is 0 Å². The summed E-state index contributed by atoms with van der Waals surface area (Å²) in [6.07, 6.45) is 0. The second-order valence-electron chi connectivity index (χ2n) is 14.1. The normalized spacial score (nSPS) is 11.6. The summed E-state index contributed by atoms with van der Waals surface area (Å²) in [6, 6.07) is 68.7. The molecule has 0 saturated heterocycles. The fourth-order valence-electron chi connectivity index (χ4n) is 7.93. The molecule has 8 aromatic carbocycles. The van der Waals surface area contributed by atoms with Crippen LogP contribution in [0.2, 0.25) is 0 Å². The Morgan fingerprint density at radius 2 is 0.786 bits per heavy atom. The second-order valence-corrected chi connectivity index (χ2v) is 15.1. The number of hydrogen-bond acceptors (Lipinski definition) is 4. The first-order valence-corrected chi connectivity index (χ1v) is 19.6. The average molecular weight is 733 g/mol. The van der Waals surface area contributed by atoms with Gasteiger partial charge in [0.25, 0.3) is 0 Å². The van der Waals surface area contributed by atoms with Crippen LogP contribution < -0.4 is 0 Å². The maximum absolute atomic E-state index is 5.16. The van der Waals surface area contributed by atoms with Gasteiger partial charge in [-0.05, 0) is 64.7 Å². The largest absolute Gasteiger partial charge is 0.309 e. The highest BCUT2D eigenvalue weighted by Gasteiger charge is 2.16. The van der Waals surface area contributed by atoms with E-state index in [4.69, 9.17) is 15.0 Å². The van der Waals surface area contributed by atoms with E-state index in [1.807, 2.05) is 6.07 Å². The Kier molecular flexibility index (Phi) is 7.64. The van der Waals surface area contributed by atoms with Crippen LogP contribution in [0.4, 0.5) is 0 Å². The van der Waals surface area contributed by atoms with Crippen LogP contribution >= 0.6 is 11.3 Å². The van der Waals surface area contributed by atoms with Gasteiger partial charge in [-0.1, -0.05) is 152 Å². The summed E-state index contributed by atoms with van der Waals surface area (Å²) in [5, 5.41) is 5.01. The molecule has 0 amide bonds. The van der Waals surface area contributed by atoms with Crippen molar-refractivity contribution in [2.75, 3.05) is 0 Å². The van der Waals surface area contributed by atoms with Gasteiger partial charge in [-0.3, -0.25) is 0 Å². The summed E-state index contributed by atoms with van der Waals surface area (Å²) in [5.74, 6) is 1.92. The molecule has 11 rings (SSSR count). The maximum Gasteiger partial charge on any atom is 0.164 e. The summed E-state index contributed by atoms with van der Waals surface area (Å²) in [6.45, 7) is 0. The molecule has 4 nitrogen and oxygen atoms in total. The molecule has 3 aromatic heterocycles. The monoisotopic (exact) mass is 732 g/mol. The Hall–Kier alpha value is -7.21. The molecule has 0 saturated carbocycles. The number of aromatic nitrogens is 4. The van der Waals surface area contributed by atoms with Crippen LogP contribution in [0, 0.1) is 0 Å². The average Bonchev–Trinajstić information content (AvgIpc) is 3.82. The van der Waals surface area contributed by atoms with E-state index in [0.29, 0.717) is 17.5 Å². The molecular weight excluding hydrogens is 701 g/mol. The molecular formula is C51H32N4S. The molecule has 0 radical (unpaired) electrons. The third kappa shape index (κ3) is 5.56. The summed E-state index contributed by atoms with van der Waals surface area (Å²) in [5.41, 5.74) is 10.9. The Bertz CT molecular complexity index is 3200. The molecule has 5 heteroatoms. The lowest BCUT2D eigenvalue weighted by molar-refractivity contribution is 1.07. The molecule has 3 heterocycles. The van der Waals surface area contributed by atoms with Crippen LogP contribution in [0.25, 0.3) is 104 Å². The number of benzene rings is 8. The minimum atomic E-state index is 0.633. The van der Waals surface area contributed by atoms with E-state index in [-0.39, 0.29) is 0 Å². The zero-order chi connectivity index (χ0) is 37.0. The van der Waals surface area contributed by atoms with E-state index in [9.17, 15) is 0 Å². The Balaban J connectivity index is 1.03. The van der Waals surface area contributed by atoms with Gasteiger partial charge in [-0.25, -0.2) is 15.0 Å². The topological polar surface area (TPSA) is 43.6 Å². The number of nitrogens with zero attached hydrogens (tertiary/aromatic N) is 4. The third-order valence-electron chi connectivity index (χ3n) is 10.7. The fourth-order valence-corrected chi connectivity index (χ4v) is 9.08. The highest BCUT2D eigenvalue weighted by molar-refractivity contribution is 7.25. The van der Waals surface area contributed by atoms with Gasteiger partial charge in [-0.2, -0.15) is 0 Å². The first-order valence-electron chi connectivity index (χ1n) is 18.8. The van der Waals surface area contributed by atoms with Gasteiger partial charge < -0.3 is 4.57 Å². The Morgan fingerprint density at radius 3 is 1.52 bits per heavy atom. The van der Waals surface area contributed by atoms with Gasteiger partial charge in [0, 0.05) is 53.3 Å². The quantitative estimate of drug-likeness (QED) is 0.171. The van der Waals surface area contributed by atoms with Crippen LogP contribution in [0.5, 0.6) is 0 Å². The number of thiophene rings is 1. The minimum Gasteiger partial charge on any atom is -0.309 e. The Morgan fingerprint density at radius 1 is 0.304 bits per heavy atom. The summed E-state index contributed by atoms with van der Waals surface area (Å²) in [7, 11) is 0. The summed E-state index contributed by atoms with van der Waals surface area (Å²) < 4.78 is 4.85. The van der Waals surface area contributed by atoms with Crippen LogP contribution in [0.15, 0.2) is 194 Å². The van der Waals surface area contributed by atoms with Crippen LogP contribution in [-0.4, -0.2) is 19.5 Å². The van der Waals surface area contributed by atoms with E-state index >= 15 is 0 Å². The van der Waals surface area contributed by atoms with Crippen molar-refractivity contribution in [2.24, 2.45) is 0 Å². The SMILES string of the molecule is c1ccc(-c2ccc(-c3nc(-c4cccc(-c5cccc(-n6c7ccccc7c7ccccc76)c5)c4)nc(-c4ccc5c(c4)sc4ccccc45)n3)cc2)cc1. The molecule has 11 aromatic rings. The third-order valence-corrected chi connectivity index (χ3v) is 11.8. The second kappa shape index (κ2) is 13.3.